The number of rotatable bonds is 4. The summed E-state index contributed by atoms with van der Waals surface area (Å²) in [5.41, 5.74) is 0. The van der Waals surface area contributed by atoms with Crippen molar-refractivity contribution in [2.75, 3.05) is 13.1 Å². The number of carbonyl (C=O) groups excluding carboxylic acids is 1. The Kier molecular flexibility index (Phi) is 4.88. The highest BCUT2D eigenvalue weighted by atomic mass is 16.3. The van der Waals surface area contributed by atoms with Gasteiger partial charge in [-0.05, 0) is 6.92 Å². The number of carbonyl (C=O) groups is 1. The van der Waals surface area contributed by atoms with E-state index in [1.54, 1.807) is 6.92 Å². The molecule has 1 unspecified atom stereocenters. The number of hydrogen-bond donors (Lipinski definition) is 3. The Hall–Kier alpha value is -0.610. The number of hydrogen-bond acceptors (Lipinski definition) is 3. The largest absolute Gasteiger partial charge is 0.379 e. The van der Waals surface area contributed by atoms with Crippen molar-refractivity contribution in [3.63, 3.8) is 0 Å². The van der Waals surface area contributed by atoms with Gasteiger partial charge >= 0.3 is 0 Å². The van der Waals surface area contributed by atoms with E-state index >= 15 is 0 Å². The predicted molar refractivity (Wildman–Crippen MR) is 38.4 cm³/mol. The van der Waals surface area contributed by atoms with Crippen molar-refractivity contribution in [3.05, 3.63) is 0 Å². The lowest BCUT2D eigenvalue weighted by molar-refractivity contribution is -0.118. The average Bonchev–Trinajstić information content (AvgIpc) is 1.79. The molecule has 0 bridgehead atoms. The number of aliphatic hydroxyl groups is 1. The van der Waals surface area contributed by atoms with E-state index in [2.05, 4.69) is 10.6 Å². The minimum absolute atomic E-state index is 0.0487. The van der Waals surface area contributed by atoms with Gasteiger partial charge in [0, 0.05) is 20.0 Å². The van der Waals surface area contributed by atoms with E-state index in [1.807, 2.05) is 0 Å². The van der Waals surface area contributed by atoms with Crippen LogP contribution in [-0.2, 0) is 4.79 Å². The molecule has 0 saturated carbocycles. The Bertz CT molecular complexity index is 104. The molecule has 0 aliphatic rings. The van der Waals surface area contributed by atoms with Crippen LogP contribution in [0.3, 0.4) is 0 Å². The SMILES string of the molecule is CC(=O)NCCNC(C)O. The normalized spacial score (nSPS) is 12.7. The topological polar surface area (TPSA) is 61.4 Å². The first-order valence-electron chi connectivity index (χ1n) is 3.29. The van der Waals surface area contributed by atoms with Crippen molar-refractivity contribution in [2.24, 2.45) is 0 Å². The first-order valence-corrected chi connectivity index (χ1v) is 3.29. The van der Waals surface area contributed by atoms with E-state index in [0.717, 1.165) is 0 Å². The second-order valence-corrected chi connectivity index (χ2v) is 2.11. The maximum absolute atomic E-state index is 10.3. The van der Waals surface area contributed by atoms with E-state index < -0.39 is 6.23 Å². The summed E-state index contributed by atoms with van der Waals surface area (Å²) >= 11 is 0. The van der Waals surface area contributed by atoms with Gasteiger partial charge in [0.15, 0.2) is 0 Å². The second kappa shape index (κ2) is 5.20. The maximum atomic E-state index is 10.3. The average molecular weight is 146 g/mol. The molecule has 10 heavy (non-hydrogen) atoms. The lowest BCUT2D eigenvalue weighted by atomic mass is 10.5. The van der Waals surface area contributed by atoms with Crippen LogP contribution in [0.15, 0.2) is 0 Å². The molecule has 0 aliphatic carbocycles. The van der Waals surface area contributed by atoms with Crippen LogP contribution in [-0.4, -0.2) is 30.3 Å². The molecule has 1 atom stereocenters. The first kappa shape index (κ1) is 9.39. The molecule has 0 aromatic rings. The summed E-state index contributed by atoms with van der Waals surface area (Å²) in [6.45, 7) is 4.24. The molecule has 0 fully saturated rings. The quantitative estimate of drug-likeness (QED) is 0.354. The minimum Gasteiger partial charge on any atom is -0.379 e. The Labute approximate surface area is 60.6 Å². The highest BCUT2D eigenvalue weighted by Gasteiger charge is 1.92. The Morgan fingerprint density at radius 3 is 2.60 bits per heavy atom. The Morgan fingerprint density at radius 1 is 1.60 bits per heavy atom. The van der Waals surface area contributed by atoms with E-state index in [-0.39, 0.29) is 5.91 Å². The fourth-order valence-electron chi connectivity index (χ4n) is 0.520. The fraction of sp³-hybridized carbons (Fsp3) is 0.833. The summed E-state index contributed by atoms with van der Waals surface area (Å²) in [7, 11) is 0. The zero-order valence-electron chi connectivity index (χ0n) is 6.35. The third kappa shape index (κ3) is 7.39. The van der Waals surface area contributed by atoms with Crippen LogP contribution >= 0.6 is 0 Å². The molecule has 4 heteroatoms. The monoisotopic (exact) mass is 146 g/mol. The highest BCUT2D eigenvalue weighted by molar-refractivity contribution is 5.72. The third-order valence-corrected chi connectivity index (χ3v) is 0.939. The summed E-state index contributed by atoms with van der Waals surface area (Å²) < 4.78 is 0. The van der Waals surface area contributed by atoms with Gasteiger partial charge in [0.25, 0.3) is 0 Å². The van der Waals surface area contributed by atoms with Crippen LogP contribution in [0.1, 0.15) is 13.8 Å². The molecule has 0 saturated heterocycles. The minimum atomic E-state index is -0.506. The van der Waals surface area contributed by atoms with Crippen molar-refractivity contribution in [3.8, 4) is 0 Å². The number of amides is 1. The van der Waals surface area contributed by atoms with Crippen molar-refractivity contribution in [1.29, 1.82) is 0 Å². The van der Waals surface area contributed by atoms with Gasteiger partial charge in [-0.2, -0.15) is 0 Å². The molecule has 0 aromatic heterocycles. The Balaban J connectivity index is 2.98. The third-order valence-electron chi connectivity index (χ3n) is 0.939. The molecule has 0 aliphatic heterocycles. The zero-order valence-corrected chi connectivity index (χ0v) is 6.35. The smallest absolute Gasteiger partial charge is 0.216 e. The van der Waals surface area contributed by atoms with Gasteiger partial charge in [-0.15, -0.1) is 0 Å². The molecule has 60 valence electrons. The van der Waals surface area contributed by atoms with Crippen molar-refractivity contribution < 1.29 is 9.90 Å². The summed E-state index contributed by atoms with van der Waals surface area (Å²) in [6.07, 6.45) is -0.506. The maximum Gasteiger partial charge on any atom is 0.216 e. The lowest BCUT2D eigenvalue weighted by Gasteiger charge is -2.06. The standard InChI is InChI=1S/C6H14N2O2/c1-5(9)7-3-4-8-6(2)10/h5,7,9H,3-4H2,1-2H3,(H,8,10). The Morgan fingerprint density at radius 2 is 2.20 bits per heavy atom. The molecule has 0 radical (unpaired) electrons. The highest BCUT2D eigenvalue weighted by Crippen LogP contribution is 1.68. The summed E-state index contributed by atoms with van der Waals surface area (Å²) in [5.74, 6) is -0.0487. The van der Waals surface area contributed by atoms with E-state index in [0.29, 0.717) is 13.1 Å². The van der Waals surface area contributed by atoms with Gasteiger partial charge in [0.1, 0.15) is 6.23 Å². The van der Waals surface area contributed by atoms with Crippen LogP contribution < -0.4 is 10.6 Å². The van der Waals surface area contributed by atoms with Crippen molar-refractivity contribution in [1.82, 2.24) is 10.6 Å². The van der Waals surface area contributed by atoms with E-state index in [4.69, 9.17) is 5.11 Å². The molecular weight excluding hydrogens is 132 g/mol. The van der Waals surface area contributed by atoms with Gasteiger partial charge < -0.3 is 10.4 Å². The molecule has 0 rings (SSSR count). The molecular formula is C6H14N2O2. The van der Waals surface area contributed by atoms with Gasteiger partial charge in [-0.3, -0.25) is 10.1 Å². The van der Waals surface area contributed by atoms with Crippen LogP contribution in [0.4, 0.5) is 0 Å². The van der Waals surface area contributed by atoms with Crippen LogP contribution in [0.25, 0.3) is 0 Å². The van der Waals surface area contributed by atoms with Crippen molar-refractivity contribution in [2.45, 2.75) is 20.1 Å². The van der Waals surface area contributed by atoms with Crippen LogP contribution in [0, 0.1) is 0 Å². The first-order chi connectivity index (χ1) is 4.63. The lowest BCUT2D eigenvalue weighted by Crippen LogP contribution is -2.34. The van der Waals surface area contributed by atoms with E-state index in [1.165, 1.54) is 6.92 Å². The van der Waals surface area contributed by atoms with Gasteiger partial charge in [-0.1, -0.05) is 0 Å². The molecule has 0 heterocycles. The zero-order chi connectivity index (χ0) is 7.98. The van der Waals surface area contributed by atoms with Gasteiger partial charge in [0.05, 0.1) is 0 Å². The summed E-state index contributed by atoms with van der Waals surface area (Å²) in [6, 6.07) is 0. The molecule has 3 N–H and O–H groups in total. The number of aliphatic hydroxyl groups excluding tert-OH is 1. The van der Waals surface area contributed by atoms with Gasteiger partial charge in [0.2, 0.25) is 5.91 Å². The van der Waals surface area contributed by atoms with Crippen molar-refractivity contribution >= 4 is 5.91 Å². The predicted octanol–water partition coefficient (Wildman–Crippen LogP) is -0.950. The van der Waals surface area contributed by atoms with Gasteiger partial charge in [-0.25, -0.2) is 0 Å². The second-order valence-electron chi connectivity index (χ2n) is 2.11. The summed E-state index contributed by atoms with van der Waals surface area (Å²) in [5, 5.41) is 14.0. The van der Waals surface area contributed by atoms with Crippen LogP contribution in [0.5, 0.6) is 0 Å². The summed E-state index contributed by atoms with van der Waals surface area (Å²) in [4.78, 5) is 10.3. The van der Waals surface area contributed by atoms with E-state index in [9.17, 15) is 4.79 Å². The molecule has 4 nitrogen and oxygen atoms in total. The molecule has 0 spiro atoms. The molecule has 0 aromatic carbocycles. The number of nitrogens with one attached hydrogen (secondary N) is 2. The molecule has 1 amide bonds. The fourth-order valence-corrected chi connectivity index (χ4v) is 0.520. The van der Waals surface area contributed by atoms with Crippen LogP contribution in [0.2, 0.25) is 0 Å².